The summed E-state index contributed by atoms with van der Waals surface area (Å²) in [6.07, 6.45) is 0.899. The molecule has 178 valence electrons. The molecule has 0 saturated carbocycles. The van der Waals surface area contributed by atoms with Crippen molar-refractivity contribution < 1.29 is 34.1 Å². The molecule has 2 rings (SSSR count). The summed E-state index contributed by atoms with van der Waals surface area (Å²) in [5, 5.41) is 18.6. The van der Waals surface area contributed by atoms with E-state index in [1.54, 1.807) is 44.2 Å². The molecule has 0 bridgehead atoms. The van der Waals surface area contributed by atoms with Gasteiger partial charge < -0.3 is 19.7 Å². The van der Waals surface area contributed by atoms with Crippen molar-refractivity contribution in [3.63, 3.8) is 0 Å². The van der Waals surface area contributed by atoms with Crippen molar-refractivity contribution >= 4 is 18.2 Å². The quantitative estimate of drug-likeness (QED) is 0.363. The molecule has 0 aliphatic rings. The van der Waals surface area contributed by atoms with Crippen LogP contribution < -0.4 is 0 Å². The summed E-state index contributed by atoms with van der Waals surface area (Å²) in [7, 11) is 2.67. The van der Waals surface area contributed by atoms with Gasteiger partial charge in [0.05, 0.1) is 44.5 Å². The minimum absolute atomic E-state index is 0.0879. The zero-order valence-corrected chi connectivity index (χ0v) is 19.6. The minimum atomic E-state index is -0.372. The fraction of sp³-hybridized carbons (Fsp3) is 0.296. The molecule has 2 unspecified atom stereocenters. The number of phenolic OH excluding ortho intramolecular Hbond substituents is 2. The van der Waals surface area contributed by atoms with E-state index in [1.165, 1.54) is 26.4 Å². The van der Waals surface area contributed by atoms with Gasteiger partial charge in [0.2, 0.25) is 0 Å². The summed E-state index contributed by atoms with van der Waals surface area (Å²) in [6, 6.07) is 11.3. The monoisotopic (exact) mass is 464 g/mol. The Balaban J connectivity index is 0.000000342. The Bertz CT molecular complexity index is 1100. The molecule has 0 amide bonds. The number of methoxy groups -OCH3 is 2. The second-order valence-electron chi connectivity index (χ2n) is 6.98. The van der Waals surface area contributed by atoms with Gasteiger partial charge in [-0.25, -0.2) is 0 Å². The van der Waals surface area contributed by atoms with Crippen LogP contribution in [0.3, 0.4) is 0 Å². The molecule has 2 aromatic rings. The third-order valence-corrected chi connectivity index (χ3v) is 4.71. The van der Waals surface area contributed by atoms with Crippen LogP contribution in [0.5, 0.6) is 11.5 Å². The highest BCUT2D eigenvalue weighted by Gasteiger charge is 2.16. The smallest absolute Gasteiger partial charge is 0.307 e. The number of aldehydes is 1. The average molecular weight is 465 g/mol. The van der Waals surface area contributed by atoms with Gasteiger partial charge in [-0.3, -0.25) is 14.4 Å². The first kappa shape index (κ1) is 27.8. The SMILES string of the molecule is CC#CC(CC(=O)OC)c1ccc(O)c(C=O)c1.CC#CC(CC(=O)OC)c1ccc(O)cc1. The lowest BCUT2D eigenvalue weighted by molar-refractivity contribution is -0.141. The van der Waals surface area contributed by atoms with E-state index in [0.29, 0.717) is 11.8 Å². The molecule has 2 aromatic carbocycles. The fourth-order valence-corrected chi connectivity index (χ4v) is 2.94. The van der Waals surface area contributed by atoms with Crippen LogP contribution in [-0.4, -0.2) is 42.7 Å². The van der Waals surface area contributed by atoms with E-state index in [0.717, 1.165) is 5.56 Å². The molecule has 0 fully saturated rings. The number of carbonyl (C=O) groups is 3. The van der Waals surface area contributed by atoms with Gasteiger partial charge in [0.1, 0.15) is 11.5 Å². The lowest BCUT2D eigenvalue weighted by Gasteiger charge is -2.11. The molecule has 0 heterocycles. The summed E-state index contributed by atoms with van der Waals surface area (Å²) >= 11 is 0. The van der Waals surface area contributed by atoms with Crippen LogP contribution in [0.2, 0.25) is 0 Å². The first-order valence-electron chi connectivity index (χ1n) is 10.3. The highest BCUT2D eigenvalue weighted by molar-refractivity contribution is 5.80. The Hall–Kier alpha value is -4.23. The predicted molar refractivity (Wildman–Crippen MR) is 127 cm³/mol. The van der Waals surface area contributed by atoms with Crippen molar-refractivity contribution in [2.24, 2.45) is 0 Å². The van der Waals surface area contributed by atoms with Gasteiger partial charge in [-0.2, -0.15) is 0 Å². The number of aromatic hydroxyl groups is 2. The van der Waals surface area contributed by atoms with E-state index in [1.807, 2.05) is 0 Å². The maximum Gasteiger partial charge on any atom is 0.307 e. The number of esters is 2. The first-order chi connectivity index (χ1) is 16.3. The molecule has 2 N–H and O–H groups in total. The van der Waals surface area contributed by atoms with Gasteiger partial charge in [0.25, 0.3) is 0 Å². The van der Waals surface area contributed by atoms with Crippen LogP contribution in [0.4, 0.5) is 0 Å². The number of ether oxygens (including phenoxy) is 2. The number of hydrogen-bond donors (Lipinski definition) is 2. The standard InChI is InChI=1S/C14H14O4.C13H14O3/c1-3-4-10(8-14(17)18-2)11-5-6-13(16)12(7-11)9-15;1-3-4-11(9-13(15)16-2)10-5-7-12(14)8-6-10/h5-7,9-10,16H,8H2,1-2H3;5-8,11,14H,9H2,1-2H3. The van der Waals surface area contributed by atoms with Gasteiger partial charge in [-0.15, -0.1) is 11.8 Å². The van der Waals surface area contributed by atoms with E-state index in [9.17, 15) is 19.5 Å². The second kappa shape index (κ2) is 14.8. The molecule has 7 heteroatoms. The van der Waals surface area contributed by atoms with Crippen molar-refractivity contribution in [3.05, 3.63) is 59.2 Å². The van der Waals surface area contributed by atoms with Crippen LogP contribution in [0.1, 0.15) is 60.0 Å². The topological polar surface area (TPSA) is 110 Å². The molecule has 0 spiro atoms. The lowest BCUT2D eigenvalue weighted by atomic mass is 9.94. The summed E-state index contributed by atoms with van der Waals surface area (Å²) in [6.45, 7) is 3.40. The van der Waals surface area contributed by atoms with Gasteiger partial charge in [-0.1, -0.05) is 30.0 Å². The highest BCUT2D eigenvalue weighted by Crippen LogP contribution is 2.25. The van der Waals surface area contributed by atoms with Crippen molar-refractivity contribution in [2.45, 2.75) is 38.5 Å². The third-order valence-electron chi connectivity index (χ3n) is 4.71. The van der Waals surface area contributed by atoms with Crippen LogP contribution in [0, 0.1) is 23.7 Å². The van der Waals surface area contributed by atoms with Crippen molar-refractivity contribution in [1.29, 1.82) is 0 Å². The van der Waals surface area contributed by atoms with E-state index in [4.69, 9.17) is 5.11 Å². The van der Waals surface area contributed by atoms with E-state index >= 15 is 0 Å². The van der Waals surface area contributed by atoms with Crippen LogP contribution in [-0.2, 0) is 19.1 Å². The molecule has 0 radical (unpaired) electrons. The van der Waals surface area contributed by atoms with Gasteiger partial charge in [0, 0.05) is 0 Å². The Morgan fingerprint density at radius 2 is 1.32 bits per heavy atom. The molecule has 7 nitrogen and oxygen atoms in total. The maximum absolute atomic E-state index is 11.3. The van der Waals surface area contributed by atoms with Crippen LogP contribution in [0.25, 0.3) is 0 Å². The average Bonchev–Trinajstić information content (AvgIpc) is 2.84. The van der Waals surface area contributed by atoms with E-state index < -0.39 is 0 Å². The van der Waals surface area contributed by atoms with Crippen molar-refractivity contribution in [2.75, 3.05) is 14.2 Å². The fourth-order valence-electron chi connectivity index (χ4n) is 2.94. The van der Waals surface area contributed by atoms with E-state index in [2.05, 4.69) is 33.2 Å². The Labute approximate surface area is 199 Å². The summed E-state index contributed by atoms with van der Waals surface area (Å²) in [5.74, 6) is 10.3. The normalized spacial score (nSPS) is 11.1. The second-order valence-corrected chi connectivity index (χ2v) is 6.98. The minimum Gasteiger partial charge on any atom is -0.508 e. The Kier molecular flexibility index (Phi) is 12.1. The molecule has 2 atom stereocenters. The lowest BCUT2D eigenvalue weighted by Crippen LogP contribution is -2.07. The van der Waals surface area contributed by atoms with Gasteiger partial charge >= 0.3 is 11.9 Å². The Morgan fingerprint density at radius 3 is 1.76 bits per heavy atom. The van der Waals surface area contributed by atoms with Crippen LogP contribution in [0.15, 0.2) is 42.5 Å². The van der Waals surface area contributed by atoms with Crippen molar-refractivity contribution in [3.8, 4) is 35.2 Å². The molecule has 0 saturated heterocycles. The first-order valence-corrected chi connectivity index (χ1v) is 10.3. The molecule has 0 aliphatic carbocycles. The molecule has 0 aromatic heterocycles. The number of rotatable bonds is 7. The number of phenols is 2. The zero-order chi connectivity index (χ0) is 25.5. The molecular formula is C27H28O7. The third kappa shape index (κ3) is 9.10. The number of hydrogen-bond acceptors (Lipinski definition) is 7. The van der Waals surface area contributed by atoms with Crippen LogP contribution >= 0.6 is 0 Å². The van der Waals surface area contributed by atoms with Crippen molar-refractivity contribution in [1.82, 2.24) is 0 Å². The summed E-state index contributed by atoms with van der Waals surface area (Å²) in [5.41, 5.74) is 1.78. The zero-order valence-electron chi connectivity index (χ0n) is 19.6. The van der Waals surface area contributed by atoms with Gasteiger partial charge in [0.15, 0.2) is 6.29 Å². The summed E-state index contributed by atoms with van der Waals surface area (Å²) in [4.78, 5) is 33.2. The number of benzene rings is 2. The maximum atomic E-state index is 11.3. The molecule has 34 heavy (non-hydrogen) atoms. The largest absolute Gasteiger partial charge is 0.508 e. The molecule has 0 aliphatic heterocycles. The number of carbonyl (C=O) groups excluding carboxylic acids is 3. The highest BCUT2D eigenvalue weighted by atomic mass is 16.5. The Morgan fingerprint density at radius 1 is 0.853 bits per heavy atom. The molecular weight excluding hydrogens is 436 g/mol. The summed E-state index contributed by atoms with van der Waals surface area (Å²) < 4.78 is 9.22. The van der Waals surface area contributed by atoms with Gasteiger partial charge in [-0.05, 0) is 49.2 Å². The predicted octanol–water partition coefficient (Wildman–Crippen LogP) is 3.94. The van der Waals surface area contributed by atoms with E-state index in [-0.39, 0.29) is 53.7 Å².